The molecule has 2 unspecified atom stereocenters. The van der Waals surface area contributed by atoms with Crippen molar-refractivity contribution in [3.8, 4) is 0 Å². The molecular formula is C15H32N2O. The Balaban J connectivity index is 2.50. The van der Waals surface area contributed by atoms with Gasteiger partial charge in [-0.05, 0) is 59.0 Å². The minimum absolute atomic E-state index is 0.129. The van der Waals surface area contributed by atoms with Crippen molar-refractivity contribution in [2.45, 2.75) is 77.4 Å². The van der Waals surface area contributed by atoms with Gasteiger partial charge in [-0.25, -0.2) is 0 Å². The van der Waals surface area contributed by atoms with E-state index in [0.29, 0.717) is 6.04 Å². The molecule has 0 amide bonds. The molecule has 0 aromatic carbocycles. The van der Waals surface area contributed by atoms with Crippen molar-refractivity contribution >= 4 is 0 Å². The highest BCUT2D eigenvalue weighted by atomic mass is 16.3. The SMILES string of the molecule is CCCNC(C)(CO)CC(C)N(CCC)C1CC1. The topological polar surface area (TPSA) is 35.5 Å². The summed E-state index contributed by atoms with van der Waals surface area (Å²) in [6, 6.07) is 1.37. The number of nitrogens with zero attached hydrogens (tertiary/aromatic N) is 1. The van der Waals surface area contributed by atoms with Gasteiger partial charge in [0.05, 0.1) is 6.61 Å². The average Bonchev–Trinajstić information content (AvgIpc) is 3.17. The van der Waals surface area contributed by atoms with Crippen molar-refractivity contribution in [2.75, 3.05) is 19.7 Å². The van der Waals surface area contributed by atoms with Gasteiger partial charge in [0, 0.05) is 17.6 Å². The lowest BCUT2D eigenvalue weighted by Crippen LogP contribution is -2.51. The van der Waals surface area contributed by atoms with Gasteiger partial charge in [0.25, 0.3) is 0 Å². The van der Waals surface area contributed by atoms with Crippen LogP contribution in [-0.4, -0.2) is 47.3 Å². The molecule has 0 bridgehead atoms. The number of nitrogens with one attached hydrogen (secondary N) is 1. The number of aliphatic hydroxyl groups is 1. The second kappa shape index (κ2) is 7.46. The van der Waals surface area contributed by atoms with Gasteiger partial charge in [0.2, 0.25) is 0 Å². The van der Waals surface area contributed by atoms with E-state index in [9.17, 15) is 5.11 Å². The van der Waals surface area contributed by atoms with E-state index >= 15 is 0 Å². The molecule has 1 saturated carbocycles. The van der Waals surface area contributed by atoms with Crippen LogP contribution in [0.4, 0.5) is 0 Å². The Kier molecular flexibility index (Phi) is 6.61. The summed E-state index contributed by atoms with van der Waals surface area (Å²) in [6.07, 6.45) is 6.09. The number of aliphatic hydroxyl groups excluding tert-OH is 1. The van der Waals surface area contributed by atoms with E-state index in [1.807, 2.05) is 0 Å². The predicted molar refractivity (Wildman–Crippen MR) is 77.9 cm³/mol. The van der Waals surface area contributed by atoms with Crippen molar-refractivity contribution < 1.29 is 5.11 Å². The second-order valence-corrected chi connectivity index (χ2v) is 6.17. The normalized spacial score (nSPS) is 21.0. The third kappa shape index (κ3) is 4.87. The van der Waals surface area contributed by atoms with Crippen LogP contribution in [0.5, 0.6) is 0 Å². The molecule has 0 aromatic heterocycles. The summed E-state index contributed by atoms with van der Waals surface area (Å²) in [6.45, 7) is 11.3. The molecule has 3 nitrogen and oxygen atoms in total. The monoisotopic (exact) mass is 256 g/mol. The van der Waals surface area contributed by atoms with E-state index in [2.05, 4.69) is 37.9 Å². The van der Waals surface area contributed by atoms with E-state index < -0.39 is 0 Å². The average molecular weight is 256 g/mol. The lowest BCUT2D eigenvalue weighted by atomic mass is 9.93. The Morgan fingerprint density at radius 3 is 2.44 bits per heavy atom. The van der Waals surface area contributed by atoms with Crippen LogP contribution >= 0.6 is 0 Å². The van der Waals surface area contributed by atoms with Gasteiger partial charge in [-0.2, -0.15) is 0 Å². The van der Waals surface area contributed by atoms with Crippen molar-refractivity contribution in [1.82, 2.24) is 10.2 Å². The second-order valence-electron chi connectivity index (χ2n) is 6.17. The molecule has 0 aliphatic heterocycles. The van der Waals surface area contributed by atoms with E-state index in [0.717, 1.165) is 25.4 Å². The quantitative estimate of drug-likeness (QED) is 0.630. The van der Waals surface area contributed by atoms with Crippen LogP contribution in [0.1, 0.15) is 59.8 Å². The maximum atomic E-state index is 9.65. The maximum Gasteiger partial charge on any atom is 0.0611 e. The smallest absolute Gasteiger partial charge is 0.0611 e. The summed E-state index contributed by atoms with van der Waals surface area (Å²) in [5.41, 5.74) is -0.129. The molecule has 0 radical (unpaired) electrons. The standard InChI is InChI=1S/C15H32N2O/c1-5-9-16-15(4,12-18)11-13(3)17(10-6-2)14-7-8-14/h13-14,16,18H,5-12H2,1-4H3. The molecule has 2 atom stereocenters. The molecule has 1 aliphatic carbocycles. The lowest BCUT2D eigenvalue weighted by Gasteiger charge is -2.37. The molecule has 1 rings (SSSR count). The zero-order chi connectivity index (χ0) is 13.6. The maximum absolute atomic E-state index is 9.65. The van der Waals surface area contributed by atoms with Crippen LogP contribution in [0, 0.1) is 0 Å². The van der Waals surface area contributed by atoms with Crippen molar-refractivity contribution in [3.63, 3.8) is 0 Å². The first-order valence-corrected chi connectivity index (χ1v) is 7.68. The molecule has 3 heteroatoms. The molecular weight excluding hydrogens is 224 g/mol. The minimum atomic E-state index is -0.129. The van der Waals surface area contributed by atoms with Crippen LogP contribution in [-0.2, 0) is 0 Å². The summed E-state index contributed by atoms with van der Waals surface area (Å²) in [5, 5.41) is 13.2. The first kappa shape index (κ1) is 15.9. The van der Waals surface area contributed by atoms with Crippen molar-refractivity contribution in [2.24, 2.45) is 0 Å². The van der Waals surface area contributed by atoms with Crippen molar-refractivity contribution in [3.05, 3.63) is 0 Å². The lowest BCUT2D eigenvalue weighted by molar-refractivity contribution is 0.110. The summed E-state index contributed by atoms with van der Waals surface area (Å²) in [5.74, 6) is 0. The molecule has 0 aromatic rings. The van der Waals surface area contributed by atoms with Crippen LogP contribution in [0.25, 0.3) is 0 Å². The third-order valence-corrected chi connectivity index (χ3v) is 3.96. The van der Waals surface area contributed by atoms with E-state index in [-0.39, 0.29) is 12.1 Å². The van der Waals surface area contributed by atoms with Gasteiger partial charge in [-0.3, -0.25) is 4.90 Å². The fourth-order valence-corrected chi connectivity index (χ4v) is 2.82. The summed E-state index contributed by atoms with van der Waals surface area (Å²) in [4.78, 5) is 2.64. The number of hydrogen-bond acceptors (Lipinski definition) is 3. The zero-order valence-electron chi connectivity index (χ0n) is 12.7. The van der Waals surface area contributed by atoms with Gasteiger partial charge in [-0.1, -0.05) is 13.8 Å². The first-order chi connectivity index (χ1) is 8.56. The highest BCUT2D eigenvalue weighted by Gasteiger charge is 2.34. The number of rotatable bonds is 10. The van der Waals surface area contributed by atoms with E-state index in [1.165, 1.54) is 25.8 Å². The first-order valence-electron chi connectivity index (χ1n) is 7.68. The summed E-state index contributed by atoms with van der Waals surface area (Å²) in [7, 11) is 0. The highest BCUT2D eigenvalue weighted by molar-refractivity contribution is 4.92. The van der Waals surface area contributed by atoms with Gasteiger partial charge < -0.3 is 10.4 Å². The largest absolute Gasteiger partial charge is 0.394 e. The summed E-state index contributed by atoms with van der Waals surface area (Å²) >= 11 is 0. The van der Waals surface area contributed by atoms with Gasteiger partial charge in [-0.15, -0.1) is 0 Å². The molecule has 1 aliphatic rings. The number of hydrogen-bond donors (Lipinski definition) is 2. The fraction of sp³-hybridized carbons (Fsp3) is 1.00. The predicted octanol–water partition coefficient (Wildman–Crippen LogP) is 2.39. The third-order valence-electron chi connectivity index (χ3n) is 3.96. The molecule has 0 saturated heterocycles. The van der Waals surface area contributed by atoms with E-state index in [1.54, 1.807) is 0 Å². The van der Waals surface area contributed by atoms with Crippen LogP contribution in [0.3, 0.4) is 0 Å². The van der Waals surface area contributed by atoms with Gasteiger partial charge >= 0.3 is 0 Å². The van der Waals surface area contributed by atoms with Crippen LogP contribution in [0.15, 0.2) is 0 Å². The summed E-state index contributed by atoms with van der Waals surface area (Å²) < 4.78 is 0. The van der Waals surface area contributed by atoms with E-state index in [4.69, 9.17) is 0 Å². The highest BCUT2D eigenvalue weighted by Crippen LogP contribution is 2.31. The van der Waals surface area contributed by atoms with Crippen LogP contribution in [0.2, 0.25) is 0 Å². The fourth-order valence-electron chi connectivity index (χ4n) is 2.82. The minimum Gasteiger partial charge on any atom is -0.394 e. The Hall–Kier alpha value is -0.120. The van der Waals surface area contributed by atoms with Crippen molar-refractivity contribution in [1.29, 1.82) is 0 Å². The Bertz CT molecular complexity index is 231. The molecule has 1 fully saturated rings. The zero-order valence-corrected chi connectivity index (χ0v) is 12.7. The van der Waals surface area contributed by atoms with Gasteiger partial charge in [0.1, 0.15) is 0 Å². The molecule has 2 N–H and O–H groups in total. The molecule has 0 spiro atoms. The molecule has 108 valence electrons. The Morgan fingerprint density at radius 2 is 2.00 bits per heavy atom. The molecule has 18 heavy (non-hydrogen) atoms. The Labute approximate surface area is 113 Å². The Morgan fingerprint density at radius 1 is 1.33 bits per heavy atom. The molecule has 0 heterocycles. The van der Waals surface area contributed by atoms with Gasteiger partial charge in [0.15, 0.2) is 0 Å². The van der Waals surface area contributed by atoms with Crippen LogP contribution < -0.4 is 5.32 Å².